The van der Waals surface area contributed by atoms with Gasteiger partial charge >= 0.3 is 5.97 Å². The number of primary amides is 1. The Morgan fingerprint density at radius 3 is 2.73 bits per heavy atom. The lowest BCUT2D eigenvalue weighted by atomic mass is 9.98. The van der Waals surface area contributed by atoms with E-state index in [1.54, 1.807) is 18.3 Å². The monoisotopic (exact) mass is 351 g/mol. The van der Waals surface area contributed by atoms with Crippen LogP contribution in [0.1, 0.15) is 10.4 Å². The number of aliphatic hydroxyl groups is 1. The zero-order valence-corrected chi connectivity index (χ0v) is 13.6. The zero-order chi connectivity index (χ0) is 18.7. The van der Waals surface area contributed by atoms with Gasteiger partial charge in [0.15, 0.2) is 0 Å². The number of nitrogens with one attached hydrogen (secondary N) is 2. The van der Waals surface area contributed by atoms with Gasteiger partial charge in [0, 0.05) is 23.3 Å². The zero-order valence-electron chi connectivity index (χ0n) is 13.6. The number of hydrogen-bond donors (Lipinski definition) is 5. The number of aromatic amines is 1. The molecule has 1 atom stereocenters. The molecule has 7 heteroatoms. The lowest BCUT2D eigenvalue weighted by Crippen LogP contribution is -2.15. The van der Waals surface area contributed by atoms with Gasteiger partial charge in [-0.05, 0) is 41.5 Å². The first-order chi connectivity index (χ1) is 12.5. The van der Waals surface area contributed by atoms with Crippen molar-refractivity contribution in [2.75, 3.05) is 5.32 Å². The van der Waals surface area contributed by atoms with Gasteiger partial charge in [-0.25, -0.2) is 4.79 Å². The van der Waals surface area contributed by atoms with E-state index < -0.39 is 18.1 Å². The number of fused-ring (bicyclic) bond motifs is 1. The quantitative estimate of drug-likeness (QED) is 0.344. The molecule has 3 rings (SSSR count). The first-order valence-corrected chi connectivity index (χ1v) is 7.82. The van der Waals surface area contributed by atoms with Gasteiger partial charge in [0.25, 0.3) is 5.91 Å². The van der Waals surface area contributed by atoms with Crippen LogP contribution in [-0.4, -0.2) is 33.3 Å². The molecule has 1 aromatic heterocycles. The number of aliphatic hydroxyl groups excluding tert-OH is 1. The molecular formula is C19H17N3O4. The fraction of sp³-hybridized carbons (Fsp3) is 0.0526. The highest BCUT2D eigenvalue weighted by molar-refractivity contribution is 6.09. The average Bonchev–Trinajstić information content (AvgIpc) is 3.08. The third kappa shape index (κ3) is 3.57. The van der Waals surface area contributed by atoms with Crippen LogP contribution >= 0.6 is 0 Å². The van der Waals surface area contributed by atoms with Crippen LogP contribution in [0.4, 0.5) is 5.69 Å². The standard InChI is InChI=1S/C19H17N3O4/c20-19(26)15-5-4-13(14-8-9-21-18(14)15)11-2-1-3-12(10-11)22-16(23)6-7-17(24)25/h1-10,16,21-23H,(H2,20,26)(H,24,25)/b7-6-. The van der Waals surface area contributed by atoms with E-state index in [1.807, 2.05) is 30.3 Å². The Labute approximate surface area is 148 Å². The van der Waals surface area contributed by atoms with E-state index in [4.69, 9.17) is 10.8 Å². The van der Waals surface area contributed by atoms with Crippen LogP contribution in [0.25, 0.3) is 22.0 Å². The van der Waals surface area contributed by atoms with Crippen molar-refractivity contribution in [1.82, 2.24) is 4.98 Å². The highest BCUT2D eigenvalue weighted by atomic mass is 16.4. The smallest absolute Gasteiger partial charge is 0.328 e. The van der Waals surface area contributed by atoms with Gasteiger partial charge in [-0.3, -0.25) is 4.79 Å². The van der Waals surface area contributed by atoms with Gasteiger partial charge < -0.3 is 26.2 Å². The summed E-state index contributed by atoms with van der Waals surface area (Å²) in [4.78, 5) is 25.1. The summed E-state index contributed by atoms with van der Waals surface area (Å²) in [6.07, 6.45) is 2.61. The Balaban J connectivity index is 1.95. The number of carbonyl (C=O) groups is 2. The van der Waals surface area contributed by atoms with Crippen molar-refractivity contribution in [2.24, 2.45) is 5.73 Å². The predicted octanol–water partition coefficient (Wildman–Crippen LogP) is 2.30. The molecule has 2 aromatic carbocycles. The van der Waals surface area contributed by atoms with E-state index in [0.717, 1.165) is 28.7 Å². The highest BCUT2D eigenvalue weighted by Crippen LogP contribution is 2.31. The van der Waals surface area contributed by atoms with Crippen molar-refractivity contribution in [2.45, 2.75) is 6.23 Å². The molecule has 0 radical (unpaired) electrons. The molecule has 0 aliphatic carbocycles. The van der Waals surface area contributed by atoms with Gasteiger partial charge in [0.2, 0.25) is 0 Å². The summed E-state index contributed by atoms with van der Waals surface area (Å²) in [6, 6.07) is 12.6. The molecule has 26 heavy (non-hydrogen) atoms. The van der Waals surface area contributed by atoms with E-state index in [0.29, 0.717) is 16.8 Å². The Hall–Kier alpha value is -3.58. The molecule has 0 aliphatic rings. The molecule has 1 amide bonds. The minimum absolute atomic E-state index is 0.414. The van der Waals surface area contributed by atoms with Crippen molar-refractivity contribution in [3.05, 3.63) is 66.4 Å². The summed E-state index contributed by atoms with van der Waals surface area (Å²) >= 11 is 0. The van der Waals surface area contributed by atoms with Gasteiger partial charge in [0.1, 0.15) is 6.23 Å². The minimum atomic E-state index is -1.14. The number of nitrogens with two attached hydrogens (primary N) is 1. The van der Waals surface area contributed by atoms with Crippen LogP contribution in [0.2, 0.25) is 0 Å². The van der Waals surface area contributed by atoms with Crippen molar-refractivity contribution in [3.63, 3.8) is 0 Å². The molecule has 0 saturated carbocycles. The number of hydrogen-bond acceptors (Lipinski definition) is 4. The van der Waals surface area contributed by atoms with Crippen LogP contribution < -0.4 is 11.1 Å². The number of aliphatic carboxylic acids is 1. The van der Waals surface area contributed by atoms with E-state index in [2.05, 4.69) is 10.3 Å². The number of carboxylic acids is 1. The Kier molecular flexibility index (Phi) is 4.72. The topological polar surface area (TPSA) is 128 Å². The van der Waals surface area contributed by atoms with E-state index in [1.165, 1.54) is 0 Å². The Bertz CT molecular complexity index is 1010. The average molecular weight is 351 g/mol. The van der Waals surface area contributed by atoms with Crippen molar-refractivity contribution in [3.8, 4) is 11.1 Å². The van der Waals surface area contributed by atoms with E-state index in [9.17, 15) is 14.7 Å². The van der Waals surface area contributed by atoms with Gasteiger partial charge in [-0.2, -0.15) is 0 Å². The fourth-order valence-electron chi connectivity index (χ4n) is 2.78. The molecule has 1 unspecified atom stereocenters. The number of carboxylic acid groups (broad SMARTS) is 1. The second-order valence-electron chi connectivity index (χ2n) is 5.66. The first kappa shape index (κ1) is 17.2. The number of aromatic nitrogens is 1. The molecule has 132 valence electrons. The Morgan fingerprint density at radius 1 is 1.19 bits per heavy atom. The summed E-state index contributed by atoms with van der Waals surface area (Å²) in [5.74, 6) is -1.64. The summed E-state index contributed by atoms with van der Waals surface area (Å²) in [7, 11) is 0. The molecule has 0 spiro atoms. The van der Waals surface area contributed by atoms with Crippen LogP contribution in [0.3, 0.4) is 0 Å². The number of amides is 1. The Morgan fingerprint density at radius 2 is 2.00 bits per heavy atom. The second-order valence-corrected chi connectivity index (χ2v) is 5.66. The molecular weight excluding hydrogens is 334 g/mol. The van der Waals surface area contributed by atoms with Crippen LogP contribution in [0.15, 0.2) is 60.8 Å². The van der Waals surface area contributed by atoms with Crippen LogP contribution in [-0.2, 0) is 4.79 Å². The SMILES string of the molecule is NC(=O)c1ccc(-c2cccc(NC(O)/C=C\C(=O)O)c2)c2cc[nH]c12. The summed E-state index contributed by atoms with van der Waals surface area (Å²) in [5, 5.41) is 22.1. The van der Waals surface area contributed by atoms with Crippen LogP contribution in [0, 0.1) is 0 Å². The fourth-order valence-corrected chi connectivity index (χ4v) is 2.78. The largest absolute Gasteiger partial charge is 0.478 e. The molecule has 0 fully saturated rings. The van der Waals surface area contributed by atoms with Gasteiger partial charge in [0.05, 0.1) is 11.1 Å². The molecule has 0 saturated heterocycles. The lowest BCUT2D eigenvalue weighted by molar-refractivity contribution is -0.131. The highest BCUT2D eigenvalue weighted by Gasteiger charge is 2.12. The lowest BCUT2D eigenvalue weighted by Gasteiger charge is -2.12. The first-order valence-electron chi connectivity index (χ1n) is 7.82. The van der Waals surface area contributed by atoms with Crippen molar-refractivity contribution in [1.29, 1.82) is 0 Å². The third-order valence-electron chi connectivity index (χ3n) is 3.90. The van der Waals surface area contributed by atoms with Crippen molar-refractivity contribution >= 4 is 28.5 Å². The molecule has 0 aliphatic heterocycles. The molecule has 1 heterocycles. The molecule has 7 nitrogen and oxygen atoms in total. The molecule has 6 N–H and O–H groups in total. The number of rotatable bonds is 6. The summed E-state index contributed by atoms with van der Waals surface area (Å²) < 4.78 is 0. The maximum absolute atomic E-state index is 11.6. The van der Waals surface area contributed by atoms with Gasteiger partial charge in [-0.15, -0.1) is 0 Å². The number of anilines is 1. The van der Waals surface area contributed by atoms with Gasteiger partial charge in [-0.1, -0.05) is 18.2 Å². The van der Waals surface area contributed by atoms with E-state index >= 15 is 0 Å². The normalized spacial score (nSPS) is 12.3. The predicted molar refractivity (Wildman–Crippen MR) is 98.7 cm³/mol. The van der Waals surface area contributed by atoms with Crippen LogP contribution in [0.5, 0.6) is 0 Å². The number of carbonyl (C=O) groups excluding carboxylic acids is 1. The molecule has 0 bridgehead atoms. The molecule has 3 aromatic rings. The third-order valence-corrected chi connectivity index (χ3v) is 3.90. The summed E-state index contributed by atoms with van der Waals surface area (Å²) in [5.41, 5.74) is 8.87. The van der Waals surface area contributed by atoms with Crippen molar-refractivity contribution < 1.29 is 19.8 Å². The summed E-state index contributed by atoms with van der Waals surface area (Å²) in [6.45, 7) is 0. The number of benzene rings is 2. The van der Waals surface area contributed by atoms with E-state index in [-0.39, 0.29) is 0 Å². The maximum Gasteiger partial charge on any atom is 0.328 e. The number of H-pyrrole nitrogens is 1. The second kappa shape index (κ2) is 7.12. The maximum atomic E-state index is 11.6. The minimum Gasteiger partial charge on any atom is -0.478 e.